The van der Waals surface area contributed by atoms with Crippen molar-refractivity contribution in [1.82, 2.24) is 9.80 Å². The number of amides is 2. The first kappa shape index (κ1) is 22.7. The third-order valence-corrected chi connectivity index (χ3v) is 6.45. The second kappa shape index (κ2) is 9.05. The molecule has 166 valence electrons. The zero-order chi connectivity index (χ0) is 22.8. The third kappa shape index (κ3) is 5.41. The second-order valence-electron chi connectivity index (χ2n) is 7.85. The van der Waals surface area contributed by atoms with E-state index in [0.29, 0.717) is 25.2 Å². The summed E-state index contributed by atoms with van der Waals surface area (Å²) in [4.78, 5) is 31.1. The van der Waals surface area contributed by atoms with E-state index in [1.807, 2.05) is 4.90 Å². The predicted octanol–water partition coefficient (Wildman–Crippen LogP) is 1.58. The number of anilines is 1. The first-order valence-electron chi connectivity index (χ1n) is 9.86. The van der Waals surface area contributed by atoms with Crippen LogP contribution >= 0.6 is 0 Å². The van der Waals surface area contributed by atoms with Gasteiger partial charge in [-0.25, -0.2) is 12.8 Å². The van der Waals surface area contributed by atoms with Crippen molar-refractivity contribution in [3.63, 3.8) is 0 Å². The van der Waals surface area contributed by atoms with Crippen LogP contribution in [0.25, 0.3) is 0 Å². The molecule has 0 N–H and O–H groups in total. The number of carbonyl (C=O) groups excluding carboxylic acids is 2. The number of hydrogen-bond donors (Lipinski definition) is 0. The lowest BCUT2D eigenvalue weighted by Gasteiger charge is -2.42. The van der Waals surface area contributed by atoms with Crippen molar-refractivity contribution < 1.29 is 22.4 Å². The first-order chi connectivity index (χ1) is 14.6. The molecule has 1 atom stereocenters. The van der Waals surface area contributed by atoms with Crippen molar-refractivity contribution in [2.24, 2.45) is 0 Å². The average Bonchev–Trinajstić information content (AvgIpc) is 2.73. The summed E-state index contributed by atoms with van der Waals surface area (Å²) in [5, 5.41) is 0. The van der Waals surface area contributed by atoms with Gasteiger partial charge >= 0.3 is 0 Å². The standard InChI is InChI=1S/C22H26FN3O4S/c1-24(2)22(28)20-15-25(18-8-6-17(23)7-9-18)12-13-26(20)21(27)14-16-4-10-19(11-5-16)31(3,29)30/h4-11,20H,12-15H2,1-3H3. The molecule has 2 amide bonds. The second-order valence-corrected chi connectivity index (χ2v) is 9.87. The molecule has 0 bridgehead atoms. The van der Waals surface area contributed by atoms with E-state index in [0.717, 1.165) is 11.9 Å². The molecule has 0 radical (unpaired) electrons. The molecule has 7 nitrogen and oxygen atoms in total. The molecule has 9 heteroatoms. The molecule has 1 saturated heterocycles. The highest BCUT2D eigenvalue weighted by molar-refractivity contribution is 7.90. The summed E-state index contributed by atoms with van der Waals surface area (Å²) in [6, 6.07) is 11.6. The Hall–Kier alpha value is -2.94. The van der Waals surface area contributed by atoms with Crippen LogP contribution in [0.3, 0.4) is 0 Å². The van der Waals surface area contributed by atoms with Crippen LogP contribution in [0, 0.1) is 5.82 Å². The molecule has 1 aliphatic heterocycles. The number of piperazine rings is 1. The first-order valence-corrected chi connectivity index (χ1v) is 11.8. The number of likely N-dealkylation sites (N-methyl/N-ethyl adjacent to an activating group) is 1. The molecule has 1 heterocycles. The van der Waals surface area contributed by atoms with E-state index in [-0.39, 0.29) is 28.9 Å². The fraction of sp³-hybridized carbons (Fsp3) is 0.364. The maximum Gasteiger partial charge on any atom is 0.246 e. The summed E-state index contributed by atoms with van der Waals surface area (Å²) in [7, 11) is -0.0186. The van der Waals surface area contributed by atoms with E-state index in [4.69, 9.17) is 0 Å². The van der Waals surface area contributed by atoms with Crippen LogP contribution in [0.5, 0.6) is 0 Å². The molecule has 0 aliphatic carbocycles. The summed E-state index contributed by atoms with van der Waals surface area (Å²) >= 11 is 0. The highest BCUT2D eigenvalue weighted by Gasteiger charge is 2.36. The molecule has 2 aromatic rings. The third-order valence-electron chi connectivity index (χ3n) is 5.33. The molecule has 0 aromatic heterocycles. The van der Waals surface area contributed by atoms with Crippen molar-refractivity contribution in [1.29, 1.82) is 0 Å². The molecular formula is C22H26FN3O4S. The van der Waals surface area contributed by atoms with Gasteiger partial charge in [0.25, 0.3) is 0 Å². The fourth-order valence-electron chi connectivity index (χ4n) is 3.61. The topological polar surface area (TPSA) is 78.0 Å². The Morgan fingerprint density at radius 2 is 1.65 bits per heavy atom. The van der Waals surface area contributed by atoms with Crippen molar-refractivity contribution in [3.05, 3.63) is 59.9 Å². The Bertz CT molecular complexity index is 1050. The molecule has 1 fully saturated rings. The van der Waals surface area contributed by atoms with Crippen molar-refractivity contribution in [2.75, 3.05) is 44.9 Å². The smallest absolute Gasteiger partial charge is 0.246 e. The summed E-state index contributed by atoms with van der Waals surface area (Å²) in [6.45, 7) is 1.17. The molecule has 3 rings (SSSR count). The zero-order valence-corrected chi connectivity index (χ0v) is 18.6. The SMILES string of the molecule is CN(C)C(=O)C1CN(c2ccc(F)cc2)CCN1C(=O)Cc1ccc(S(C)(=O)=O)cc1. The molecule has 1 aliphatic rings. The van der Waals surface area contributed by atoms with Gasteiger partial charge < -0.3 is 14.7 Å². The van der Waals surface area contributed by atoms with Crippen LogP contribution in [-0.2, 0) is 25.8 Å². The number of sulfone groups is 1. The average molecular weight is 448 g/mol. The van der Waals surface area contributed by atoms with Gasteiger partial charge in [0.05, 0.1) is 11.3 Å². The van der Waals surface area contributed by atoms with Crippen LogP contribution in [0.15, 0.2) is 53.4 Å². The van der Waals surface area contributed by atoms with Gasteiger partial charge in [-0.15, -0.1) is 0 Å². The Balaban J connectivity index is 1.77. The number of benzene rings is 2. The minimum atomic E-state index is -3.31. The summed E-state index contributed by atoms with van der Waals surface area (Å²) in [5.41, 5.74) is 1.47. The van der Waals surface area contributed by atoms with Gasteiger partial charge in [-0.1, -0.05) is 12.1 Å². The van der Waals surface area contributed by atoms with Crippen molar-refractivity contribution >= 4 is 27.3 Å². The summed E-state index contributed by atoms with van der Waals surface area (Å²) in [6.07, 6.45) is 1.20. The normalized spacial score (nSPS) is 16.8. The van der Waals surface area contributed by atoms with E-state index in [2.05, 4.69) is 0 Å². The van der Waals surface area contributed by atoms with Gasteiger partial charge in [0.1, 0.15) is 11.9 Å². The Kier molecular flexibility index (Phi) is 6.64. The zero-order valence-electron chi connectivity index (χ0n) is 17.8. The fourth-order valence-corrected chi connectivity index (χ4v) is 4.24. The van der Waals surface area contributed by atoms with Crippen molar-refractivity contribution in [3.8, 4) is 0 Å². The van der Waals surface area contributed by atoms with E-state index in [9.17, 15) is 22.4 Å². The van der Waals surface area contributed by atoms with Crippen molar-refractivity contribution in [2.45, 2.75) is 17.4 Å². The lowest BCUT2D eigenvalue weighted by Crippen LogP contribution is -2.60. The van der Waals surface area contributed by atoms with E-state index in [1.165, 1.54) is 29.2 Å². The van der Waals surface area contributed by atoms with Crippen LogP contribution in [0.2, 0.25) is 0 Å². The van der Waals surface area contributed by atoms with Gasteiger partial charge in [0, 0.05) is 45.7 Å². The quantitative estimate of drug-likeness (QED) is 0.696. The van der Waals surface area contributed by atoms with Crippen LogP contribution < -0.4 is 4.90 Å². The Labute approximate surface area is 182 Å². The maximum absolute atomic E-state index is 13.3. The Morgan fingerprint density at radius 3 is 2.19 bits per heavy atom. The van der Waals surface area contributed by atoms with Gasteiger partial charge in [-0.2, -0.15) is 0 Å². The molecule has 0 saturated carbocycles. The number of rotatable bonds is 5. The minimum absolute atomic E-state index is 0.0673. The van der Waals surface area contributed by atoms with E-state index >= 15 is 0 Å². The summed E-state index contributed by atoms with van der Waals surface area (Å²) < 4.78 is 36.5. The largest absolute Gasteiger partial charge is 0.367 e. The van der Waals surface area contributed by atoms with Crippen LogP contribution in [0.4, 0.5) is 10.1 Å². The minimum Gasteiger partial charge on any atom is -0.367 e. The van der Waals surface area contributed by atoms with Gasteiger partial charge in [0.15, 0.2) is 9.84 Å². The lowest BCUT2D eigenvalue weighted by atomic mass is 10.1. The van der Waals surface area contributed by atoms with Gasteiger partial charge in [-0.3, -0.25) is 9.59 Å². The van der Waals surface area contributed by atoms with Gasteiger partial charge in [0.2, 0.25) is 11.8 Å². The molecule has 0 spiro atoms. The monoisotopic (exact) mass is 447 g/mol. The molecule has 31 heavy (non-hydrogen) atoms. The predicted molar refractivity (Wildman–Crippen MR) is 116 cm³/mol. The molecular weight excluding hydrogens is 421 g/mol. The molecule has 1 unspecified atom stereocenters. The number of carbonyl (C=O) groups is 2. The Morgan fingerprint density at radius 1 is 1.03 bits per heavy atom. The van der Waals surface area contributed by atoms with Gasteiger partial charge in [-0.05, 0) is 42.0 Å². The highest BCUT2D eigenvalue weighted by atomic mass is 32.2. The lowest BCUT2D eigenvalue weighted by molar-refractivity contribution is -0.144. The maximum atomic E-state index is 13.3. The number of hydrogen-bond acceptors (Lipinski definition) is 5. The van der Waals surface area contributed by atoms with Crippen LogP contribution in [0.1, 0.15) is 5.56 Å². The summed E-state index contributed by atoms with van der Waals surface area (Å²) in [5.74, 6) is -0.723. The number of nitrogens with zero attached hydrogens (tertiary/aromatic N) is 3. The van der Waals surface area contributed by atoms with E-state index in [1.54, 1.807) is 43.3 Å². The highest BCUT2D eigenvalue weighted by Crippen LogP contribution is 2.22. The molecule has 2 aromatic carbocycles. The van der Waals surface area contributed by atoms with E-state index < -0.39 is 15.9 Å². The number of halogens is 1. The van der Waals surface area contributed by atoms with Crippen LogP contribution in [-0.4, -0.2) is 76.1 Å².